The smallest absolute Gasteiger partial charge is 0.407 e. The summed E-state index contributed by atoms with van der Waals surface area (Å²) in [5.41, 5.74) is 0.993. The van der Waals surface area contributed by atoms with Gasteiger partial charge < -0.3 is 14.8 Å². The Morgan fingerprint density at radius 3 is 2.62 bits per heavy atom. The first kappa shape index (κ1) is 15.3. The van der Waals surface area contributed by atoms with Gasteiger partial charge in [0.2, 0.25) is 0 Å². The molecule has 1 fully saturated rings. The number of methoxy groups -OCH3 is 1. The summed E-state index contributed by atoms with van der Waals surface area (Å²) in [6.07, 6.45) is 1.32. The fourth-order valence-electron chi connectivity index (χ4n) is 1.75. The largest absolute Gasteiger partial charge is 0.497 e. The van der Waals surface area contributed by atoms with Crippen LogP contribution in [-0.2, 0) is 4.74 Å². The molecular formula is C15H15BrN2O3. The minimum Gasteiger partial charge on any atom is -0.497 e. The summed E-state index contributed by atoms with van der Waals surface area (Å²) in [4.78, 5) is 14.7. The lowest BCUT2D eigenvalue weighted by Crippen LogP contribution is -2.18. The number of pyridine rings is 1. The molecule has 110 valence electrons. The molecule has 3 rings (SSSR count). The van der Waals surface area contributed by atoms with Gasteiger partial charge in [-0.25, -0.2) is 9.78 Å². The molecule has 0 radical (unpaired) electrons. The van der Waals surface area contributed by atoms with Crippen LogP contribution in [0.3, 0.4) is 0 Å². The maximum absolute atomic E-state index is 10.8. The van der Waals surface area contributed by atoms with Crippen molar-refractivity contribution in [3.05, 3.63) is 58.8 Å². The van der Waals surface area contributed by atoms with Crippen LogP contribution in [0.15, 0.2) is 53.3 Å². The summed E-state index contributed by atoms with van der Waals surface area (Å²) < 4.78 is 10.4. The van der Waals surface area contributed by atoms with Crippen molar-refractivity contribution in [2.24, 2.45) is 0 Å². The molecule has 0 saturated carbocycles. The number of cyclic esters (lactones) is 1. The van der Waals surface area contributed by atoms with E-state index in [1.54, 1.807) is 13.3 Å². The summed E-state index contributed by atoms with van der Waals surface area (Å²) >= 11 is 3.26. The van der Waals surface area contributed by atoms with Gasteiger partial charge in [0.25, 0.3) is 0 Å². The number of amides is 1. The molecule has 1 aromatic heterocycles. The maximum Gasteiger partial charge on any atom is 0.407 e. The van der Waals surface area contributed by atoms with Crippen molar-refractivity contribution in [2.75, 3.05) is 13.7 Å². The predicted molar refractivity (Wildman–Crippen MR) is 82.2 cm³/mol. The van der Waals surface area contributed by atoms with Gasteiger partial charge in [-0.05, 0) is 45.8 Å². The first-order valence-electron chi connectivity index (χ1n) is 6.33. The number of hydrogen-bond acceptors (Lipinski definition) is 4. The lowest BCUT2D eigenvalue weighted by molar-refractivity contribution is 0.177. The highest BCUT2D eigenvalue weighted by Crippen LogP contribution is 2.19. The van der Waals surface area contributed by atoms with Crippen molar-refractivity contribution < 1.29 is 14.3 Å². The molecule has 0 unspecified atom stereocenters. The van der Waals surface area contributed by atoms with E-state index in [1.807, 2.05) is 42.5 Å². The Hall–Kier alpha value is -2.08. The second-order valence-corrected chi connectivity index (χ2v) is 5.04. The fourth-order valence-corrected chi connectivity index (χ4v) is 2.14. The Labute approximate surface area is 131 Å². The average Bonchev–Trinajstić information content (AvgIpc) is 2.95. The number of para-hydroxylation sites is 1. The monoisotopic (exact) mass is 350 g/mol. The van der Waals surface area contributed by atoms with Crippen LogP contribution in [0.25, 0.3) is 0 Å². The Bertz CT molecular complexity index is 592. The number of carbonyl (C=O) groups is 1. The van der Waals surface area contributed by atoms with Crippen molar-refractivity contribution in [1.29, 1.82) is 0 Å². The quantitative estimate of drug-likeness (QED) is 0.844. The molecule has 6 heteroatoms. The van der Waals surface area contributed by atoms with Crippen LogP contribution >= 0.6 is 15.9 Å². The summed E-state index contributed by atoms with van der Waals surface area (Å²) in [5, 5.41) is 2.69. The van der Waals surface area contributed by atoms with E-state index in [9.17, 15) is 4.79 Å². The number of carbonyl (C=O) groups excluding carboxylic acids is 1. The van der Waals surface area contributed by atoms with Crippen LogP contribution in [0, 0.1) is 0 Å². The van der Waals surface area contributed by atoms with E-state index >= 15 is 0 Å². The molecule has 1 aromatic carbocycles. The Morgan fingerprint density at radius 2 is 2.10 bits per heavy atom. The molecule has 1 aliphatic heterocycles. The van der Waals surface area contributed by atoms with E-state index in [1.165, 1.54) is 0 Å². The standard InChI is InChI=1S/C8H7BrN2O2.C7H8O/c9-7-3-5(1-2-10-7)6-4-13-8(12)11-6;1-8-7-5-3-2-4-6-7/h1-3,6H,4H2,(H,11,12);2-6H,1H3/t6-;/m0./s1. The van der Waals surface area contributed by atoms with E-state index in [-0.39, 0.29) is 12.1 Å². The molecule has 1 aliphatic rings. The van der Waals surface area contributed by atoms with Crippen molar-refractivity contribution in [2.45, 2.75) is 6.04 Å². The number of nitrogens with one attached hydrogen (secondary N) is 1. The lowest BCUT2D eigenvalue weighted by atomic mass is 10.1. The van der Waals surface area contributed by atoms with Crippen molar-refractivity contribution in [3.63, 3.8) is 0 Å². The second-order valence-electron chi connectivity index (χ2n) is 4.22. The minimum atomic E-state index is -0.363. The van der Waals surface area contributed by atoms with Crippen LogP contribution in [-0.4, -0.2) is 24.8 Å². The fraction of sp³-hybridized carbons (Fsp3) is 0.200. The number of nitrogens with zero attached hydrogens (tertiary/aromatic N) is 1. The second kappa shape index (κ2) is 7.64. The van der Waals surface area contributed by atoms with Crippen LogP contribution < -0.4 is 10.1 Å². The van der Waals surface area contributed by atoms with E-state index in [0.29, 0.717) is 6.61 Å². The lowest BCUT2D eigenvalue weighted by Gasteiger charge is -2.06. The van der Waals surface area contributed by atoms with Gasteiger partial charge in [-0.15, -0.1) is 0 Å². The summed E-state index contributed by atoms with van der Waals surface area (Å²) in [6.45, 7) is 0.384. The van der Waals surface area contributed by atoms with Gasteiger partial charge in [-0.2, -0.15) is 0 Å². The zero-order valence-corrected chi connectivity index (χ0v) is 13.0. The molecule has 0 aliphatic carbocycles. The van der Waals surface area contributed by atoms with E-state index in [4.69, 9.17) is 9.47 Å². The third-order valence-corrected chi connectivity index (χ3v) is 3.24. The van der Waals surface area contributed by atoms with Gasteiger partial charge in [0.15, 0.2) is 0 Å². The summed E-state index contributed by atoms with van der Waals surface area (Å²) in [5.74, 6) is 0.910. The van der Waals surface area contributed by atoms with Crippen LogP contribution in [0.1, 0.15) is 11.6 Å². The molecule has 21 heavy (non-hydrogen) atoms. The highest BCUT2D eigenvalue weighted by molar-refractivity contribution is 9.10. The molecule has 2 heterocycles. The average molecular weight is 351 g/mol. The van der Waals surface area contributed by atoms with Crippen LogP contribution in [0.2, 0.25) is 0 Å². The highest BCUT2D eigenvalue weighted by atomic mass is 79.9. The number of rotatable bonds is 2. The zero-order valence-electron chi connectivity index (χ0n) is 11.5. The molecule has 2 aromatic rings. The molecule has 1 saturated heterocycles. The van der Waals surface area contributed by atoms with Gasteiger partial charge in [-0.3, -0.25) is 0 Å². The van der Waals surface area contributed by atoms with Gasteiger partial charge in [0.05, 0.1) is 13.2 Å². The molecule has 1 amide bonds. The topological polar surface area (TPSA) is 60.5 Å². The summed E-state index contributed by atoms with van der Waals surface area (Å²) in [6, 6.07) is 13.3. The number of benzene rings is 1. The first-order chi connectivity index (χ1) is 10.2. The molecule has 1 atom stereocenters. The van der Waals surface area contributed by atoms with E-state index < -0.39 is 0 Å². The van der Waals surface area contributed by atoms with E-state index in [0.717, 1.165) is 15.9 Å². The molecule has 1 N–H and O–H groups in total. The number of ether oxygens (including phenoxy) is 2. The molecule has 5 nitrogen and oxygen atoms in total. The Kier molecular flexibility index (Phi) is 5.57. The molecule has 0 bridgehead atoms. The number of aromatic nitrogens is 1. The molecule has 0 spiro atoms. The Balaban J connectivity index is 0.000000173. The van der Waals surface area contributed by atoms with Gasteiger partial charge in [0.1, 0.15) is 17.0 Å². The Morgan fingerprint density at radius 1 is 1.33 bits per heavy atom. The normalized spacial score (nSPS) is 16.3. The third kappa shape index (κ3) is 4.75. The first-order valence-corrected chi connectivity index (χ1v) is 7.12. The van der Waals surface area contributed by atoms with Crippen molar-refractivity contribution in [1.82, 2.24) is 10.3 Å². The van der Waals surface area contributed by atoms with Crippen molar-refractivity contribution >= 4 is 22.0 Å². The van der Waals surface area contributed by atoms with Gasteiger partial charge in [0, 0.05) is 6.20 Å². The number of alkyl carbamates (subject to hydrolysis) is 1. The van der Waals surface area contributed by atoms with Crippen LogP contribution in [0.4, 0.5) is 4.79 Å². The minimum absolute atomic E-state index is 0.0493. The van der Waals surface area contributed by atoms with Crippen LogP contribution in [0.5, 0.6) is 5.75 Å². The number of halogens is 1. The summed E-state index contributed by atoms with van der Waals surface area (Å²) in [7, 11) is 1.66. The maximum atomic E-state index is 10.8. The SMILES string of the molecule is COc1ccccc1.O=C1N[C@H](c2ccnc(Br)c2)CO1. The van der Waals surface area contributed by atoms with Gasteiger partial charge in [-0.1, -0.05) is 18.2 Å². The van der Waals surface area contributed by atoms with Crippen molar-refractivity contribution in [3.8, 4) is 5.75 Å². The highest BCUT2D eigenvalue weighted by Gasteiger charge is 2.23. The third-order valence-electron chi connectivity index (χ3n) is 2.81. The molecular weight excluding hydrogens is 336 g/mol. The number of hydrogen-bond donors (Lipinski definition) is 1. The van der Waals surface area contributed by atoms with Gasteiger partial charge >= 0.3 is 6.09 Å². The predicted octanol–water partition coefficient (Wildman–Crippen LogP) is 3.32. The van der Waals surface area contributed by atoms with E-state index in [2.05, 4.69) is 26.2 Å². The zero-order chi connectivity index (χ0) is 15.1.